The Bertz CT molecular complexity index is 380. The van der Waals surface area contributed by atoms with Gasteiger partial charge >= 0.3 is 0 Å². The van der Waals surface area contributed by atoms with Crippen LogP contribution in [0, 0.1) is 0 Å². The van der Waals surface area contributed by atoms with Crippen molar-refractivity contribution in [2.24, 2.45) is 5.73 Å². The summed E-state index contributed by atoms with van der Waals surface area (Å²) in [6.07, 6.45) is 0.883. The molecule has 0 fully saturated rings. The monoisotopic (exact) mass is 237 g/mol. The van der Waals surface area contributed by atoms with Crippen LogP contribution in [0.25, 0.3) is 0 Å². The molecular formula is C12H19N3O2. The normalized spacial score (nSPS) is 10.2. The number of hydrogen-bond donors (Lipinski definition) is 3. The summed E-state index contributed by atoms with van der Waals surface area (Å²) in [4.78, 5) is 11.1. The fraction of sp³-hybridized carbons (Fsp3) is 0.417. The van der Waals surface area contributed by atoms with Crippen molar-refractivity contribution in [2.75, 3.05) is 30.8 Å². The third-order valence-electron chi connectivity index (χ3n) is 2.36. The third-order valence-corrected chi connectivity index (χ3v) is 2.36. The molecule has 17 heavy (non-hydrogen) atoms. The summed E-state index contributed by atoms with van der Waals surface area (Å²) in [5, 5.41) is 3.15. The minimum Gasteiger partial charge on any atom is -0.396 e. The van der Waals surface area contributed by atoms with Gasteiger partial charge in [-0.1, -0.05) is 6.07 Å². The van der Waals surface area contributed by atoms with Crippen LogP contribution in [0.3, 0.4) is 0 Å². The van der Waals surface area contributed by atoms with E-state index in [9.17, 15) is 4.79 Å². The summed E-state index contributed by atoms with van der Waals surface area (Å²) in [5.74, 6) is -0.513. The second-order valence-corrected chi connectivity index (χ2v) is 3.61. The first-order valence-electron chi connectivity index (χ1n) is 5.66. The quantitative estimate of drug-likeness (QED) is 0.491. The number of anilines is 2. The molecule has 94 valence electrons. The topological polar surface area (TPSA) is 90.4 Å². The van der Waals surface area contributed by atoms with Gasteiger partial charge in [0.05, 0.1) is 16.9 Å². The Kier molecular flexibility index (Phi) is 5.29. The van der Waals surface area contributed by atoms with Crippen LogP contribution < -0.4 is 16.8 Å². The third kappa shape index (κ3) is 3.96. The summed E-state index contributed by atoms with van der Waals surface area (Å²) in [7, 11) is 0. The van der Waals surface area contributed by atoms with Crippen molar-refractivity contribution < 1.29 is 9.53 Å². The van der Waals surface area contributed by atoms with Gasteiger partial charge in [-0.15, -0.1) is 0 Å². The van der Waals surface area contributed by atoms with Crippen molar-refractivity contribution in [2.45, 2.75) is 13.3 Å². The van der Waals surface area contributed by atoms with Gasteiger partial charge in [-0.25, -0.2) is 0 Å². The lowest BCUT2D eigenvalue weighted by molar-refractivity contribution is 0.100. The Morgan fingerprint density at radius 2 is 2.24 bits per heavy atom. The Hall–Kier alpha value is -1.75. The van der Waals surface area contributed by atoms with Gasteiger partial charge in [0.25, 0.3) is 5.91 Å². The molecule has 0 aliphatic carbocycles. The van der Waals surface area contributed by atoms with Crippen LogP contribution in [0.1, 0.15) is 23.7 Å². The maximum Gasteiger partial charge on any atom is 0.250 e. The second kappa shape index (κ2) is 6.75. The Labute approximate surface area is 101 Å². The maximum absolute atomic E-state index is 11.1. The molecule has 1 aromatic carbocycles. The largest absolute Gasteiger partial charge is 0.396 e. The molecule has 0 radical (unpaired) electrons. The Morgan fingerprint density at radius 1 is 1.47 bits per heavy atom. The van der Waals surface area contributed by atoms with Gasteiger partial charge in [-0.05, 0) is 25.5 Å². The predicted molar refractivity (Wildman–Crippen MR) is 69.0 cm³/mol. The van der Waals surface area contributed by atoms with Crippen molar-refractivity contribution in [1.29, 1.82) is 0 Å². The molecule has 0 aromatic heterocycles. The number of rotatable bonds is 7. The van der Waals surface area contributed by atoms with E-state index in [0.29, 0.717) is 17.9 Å². The minimum atomic E-state index is -0.513. The molecule has 5 heteroatoms. The van der Waals surface area contributed by atoms with Gasteiger partial charge in [-0.2, -0.15) is 0 Å². The van der Waals surface area contributed by atoms with E-state index >= 15 is 0 Å². The fourth-order valence-electron chi connectivity index (χ4n) is 1.48. The van der Waals surface area contributed by atoms with Crippen LogP contribution in [0.2, 0.25) is 0 Å². The molecule has 0 saturated carbocycles. The van der Waals surface area contributed by atoms with Crippen LogP contribution in [0.4, 0.5) is 11.4 Å². The van der Waals surface area contributed by atoms with Crippen molar-refractivity contribution >= 4 is 17.3 Å². The highest BCUT2D eigenvalue weighted by Crippen LogP contribution is 2.22. The molecule has 0 heterocycles. The van der Waals surface area contributed by atoms with E-state index in [0.717, 1.165) is 25.3 Å². The first-order valence-corrected chi connectivity index (χ1v) is 5.66. The highest BCUT2D eigenvalue weighted by molar-refractivity contribution is 6.00. The average molecular weight is 237 g/mol. The molecule has 0 spiro atoms. The molecule has 0 aliphatic rings. The summed E-state index contributed by atoms with van der Waals surface area (Å²) in [6, 6.07) is 5.19. The lowest BCUT2D eigenvalue weighted by atomic mass is 10.1. The van der Waals surface area contributed by atoms with Gasteiger partial charge in [0.2, 0.25) is 0 Å². The number of carbonyl (C=O) groups excluding carboxylic acids is 1. The van der Waals surface area contributed by atoms with E-state index in [1.54, 1.807) is 12.1 Å². The molecule has 0 unspecified atom stereocenters. The molecule has 5 N–H and O–H groups in total. The average Bonchev–Trinajstić information content (AvgIpc) is 2.30. The van der Waals surface area contributed by atoms with E-state index in [1.165, 1.54) is 0 Å². The van der Waals surface area contributed by atoms with E-state index < -0.39 is 5.91 Å². The molecule has 0 aliphatic heterocycles. The number of carbonyl (C=O) groups is 1. The highest BCUT2D eigenvalue weighted by Gasteiger charge is 2.08. The number of hydrogen-bond acceptors (Lipinski definition) is 4. The lowest BCUT2D eigenvalue weighted by Crippen LogP contribution is -2.15. The van der Waals surface area contributed by atoms with E-state index in [-0.39, 0.29) is 0 Å². The molecule has 1 aromatic rings. The smallest absolute Gasteiger partial charge is 0.250 e. The Morgan fingerprint density at radius 3 is 2.88 bits per heavy atom. The number of para-hydroxylation sites is 1. The summed E-state index contributed by atoms with van der Waals surface area (Å²) < 4.78 is 5.22. The van der Waals surface area contributed by atoms with Crippen molar-refractivity contribution in [3.8, 4) is 0 Å². The van der Waals surface area contributed by atoms with Crippen molar-refractivity contribution in [1.82, 2.24) is 0 Å². The maximum atomic E-state index is 11.1. The number of nitrogens with one attached hydrogen (secondary N) is 1. The predicted octanol–water partition coefficient (Wildman–Crippen LogP) is 1.21. The van der Waals surface area contributed by atoms with Gasteiger partial charge in [0.1, 0.15) is 0 Å². The fourth-order valence-corrected chi connectivity index (χ4v) is 1.48. The molecule has 0 atom stereocenters. The minimum absolute atomic E-state index is 0.347. The van der Waals surface area contributed by atoms with Crippen LogP contribution >= 0.6 is 0 Å². The van der Waals surface area contributed by atoms with Crippen LogP contribution in [0.5, 0.6) is 0 Å². The van der Waals surface area contributed by atoms with Crippen molar-refractivity contribution in [3.05, 3.63) is 23.8 Å². The van der Waals surface area contributed by atoms with E-state index in [2.05, 4.69) is 5.32 Å². The molecular weight excluding hydrogens is 218 g/mol. The zero-order valence-electron chi connectivity index (χ0n) is 10.0. The zero-order valence-corrected chi connectivity index (χ0v) is 10.0. The number of benzene rings is 1. The molecule has 1 amide bonds. The van der Waals surface area contributed by atoms with E-state index in [4.69, 9.17) is 16.2 Å². The van der Waals surface area contributed by atoms with Gasteiger partial charge in [-0.3, -0.25) is 4.79 Å². The number of nitrogens with two attached hydrogens (primary N) is 2. The second-order valence-electron chi connectivity index (χ2n) is 3.61. The summed E-state index contributed by atoms with van der Waals surface area (Å²) in [6.45, 7) is 4.13. The highest BCUT2D eigenvalue weighted by atomic mass is 16.5. The first-order chi connectivity index (χ1) is 8.16. The molecule has 0 saturated heterocycles. The SMILES string of the molecule is CCOCCCNc1cccc(C(N)=O)c1N. The number of ether oxygens (including phenoxy) is 1. The van der Waals surface area contributed by atoms with Gasteiger partial charge in [0, 0.05) is 19.8 Å². The molecule has 0 bridgehead atoms. The van der Waals surface area contributed by atoms with Crippen molar-refractivity contribution in [3.63, 3.8) is 0 Å². The standard InChI is InChI=1S/C12H19N3O2/c1-2-17-8-4-7-15-10-6-3-5-9(11(10)13)12(14)16/h3,5-6,15H,2,4,7-8,13H2,1H3,(H2,14,16). The summed E-state index contributed by atoms with van der Waals surface area (Å²) in [5.41, 5.74) is 12.5. The number of amides is 1. The van der Waals surface area contributed by atoms with E-state index in [1.807, 2.05) is 13.0 Å². The molecule has 1 rings (SSSR count). The van der Waals surface area contributed by atoms with Gasteiger partial charge < -0.3 is 21.5 Å². The molecule has 5 nitrogen and oxygen atoms in total. The van der Waals surface area contributed by atoms with Crippen LogP contribution in [-0.4, -0.2) is 25.7 Å². The lowest BCUT2D eigenvalue weighted by Gasteiger charge is -2.11. The number of primary amides is 1. The van der Waals surface area contributed by atoms with Crippen LogP contribution in [0.15, 0.2) is 18.2 Å². The van der Waals surface area contributed by atoms with Crippen LogP contribution in [-0.2, 0) is 4.74 Å². The number of nitrogen functional groups attached to an aromatic ring is 1. The Balaban J connectivity index is 2.54. The summed E-state index contributed by atoms with van der Waals surface area (Å²) >= 11 is 0. The first kappa shape index (κ1) is 13.3. The van der Waals surface area contributed by atoms with Gasteiger partial charge in [0.15, 0.2) is 0 Å². The zero-order chi connectivity index (χ0) is 12.7.